The zero-order chi connectivity index (χ0) is 11.5. The summed E-state index contributed by atoms with van der Waals surface area (Å²) < 4.78 is 26.6. The van der Waals surface area contributed by atoms with Gasteiger partial charge in [-0.3, -0.25) is 4.72 Å². The third kappa shape index (κ3) is 4.66. The lowest BCUT2D eigenvalue weighted by Gasteiger charge is -2.09. The van der Waals surface area contributed by atoms with Crippen molar-refractivity contribution in [3.63, 3.8) is 0 Å². The molecule has 0 aliphatic rings. The van der Waals surface area contributed by atoms with E-state index in [9.17, 15) is 8.42 Å². The number of anilines is 1. The fourth-order valence-corrected chi connectivity index (χ4v) is 3.06. The van der Waals surface area contributed by atoms with Crippen molar-refractivity contribution in [3.8, 4) is 0 Å². The molecule has 5 heteroatoms. The van der Waals surface area contributed by atoms with Gasteiger partial charge in [0, 0.05) is 10.2 Å². The van der Waals surface area contributed by atoms with Gasteiger partial charge in [-0.15, -0.1) is 0 Å². The molecule has 0 radical (unpaired) electrons. The van der Waals surface area contributed by atoms with Gasteiger partial charge in [-0.2, -0.15) is 0 Å². The van der Waals surface area contributed by atoms with Crippen LogP contribution >= 0.6 is 15.9 Å². The van der Waals surface area contributed by atoms with Gasteiger partial charge in [-0.05, 0) is 24.1 Å². The Labute approximate surface area is 99.1 Å². The Hall–Kier alpha value is -0.550. The predicted octanol–water partition coefficient (Wildman–Crippen LogP) is 2.85. The normalized spacial score (nSPS) is 11.7. The van der Waals surface area contributed by atoms with Crippen molar-refractivity contribution in [2.24, 2.45) is 5.92 Å². The summed E-state index contributed by atoms with van der Waals surface area (Å²) in [6.07, 6.45) is 0. The molecule has 0 unspecified atom stereocenters. The van der Waals surface area contributed by atoms with Crippen LogP contribution < -0.4 is 4.72 Å². The van der Waals surface area contributed by atoms with Gasteiger partial charge >= 0.3 is 0 Å². The fraction of sp³-hybridized carbons (Fsp3) is 0.400. The Morgan fingerprint density at radius 3 is 2.60 bits per heavy atom. The maximum absolute atomic E-state index is 11.6. The first-order valence-corrected chi connectivity index (χ1v) is 7.09. The summed E-state index contributed by atoms with van der Waals surface area (Å²) in [6, 6.07) is 7.10. The zero-order valence-electron chi connectivity index (χ0n) is 8.70. The standard InChI is InChI=1S/C10H14BrNO2S/c1-8(2)7-15(13,14)12-10-5-3-4-9(11)6-10/h3-6,8,12H,7H2,1-2H3. The van der Waals surface area contributed by atoms with Gasteiger partial charge in [-0.25, -0.2) is 8.42 Å². The molecule has 3 nitrogen and oxygen atoms in total. The van der Waals surface area contributed by atoms with Crippen molar-refractivity contribution in [3.05, 3.63) is 28.7 Å². The number of hydrogen-bond donors (Lipinski definition) is 1. The van der Waals surface area contributed by atoms with E-state index in [2.05, 4.69) is 20.7 Å². The minimum Gasteiger partial charge on any atom is -0.284 e. The van der Waals surface area contributed by atoms with Crippen LogP contribution in [0.1, 0.15) is 13.8 Å². The average molecular weight is 292 g/mol. The lowest BCUT2D eigenvalue weighted by atomic mass is 10.3. The van der Waals surface area contributed by atoms with Crippen molar-refractivity contribution < 1.29 is 8.42 Å². The Bertz CT molecular complexity index is 429. The molecule has 1 aromatic carbocycles. The minimum absolute atomic E-state index is 0.120. The molecule has 0 aliphatic carbocycles. The van der Waals surface area contributed by atoms with Crippen LogP contribution in [0.25, 0.3) is 0 Å². The molecule has 0 heterocycles. The van der Waals surface area contributed by atoms with Gasteiger partial charge in [0.25, 0.3) is 0 Å². The van der Waals surface area contributed by atoms with E-state index in [1.165, 1.54) is 0 Å². The van der Waals surface area contributed by atoms with Crippen molar-refractivity contribution in [1.82, 2.24) is 0 Å². The van der Waals surface area contributed by atoms with E-state index in [0.717, 1.165) is 4.47 Å². The average Bonchev–Trinajstić information content (AvgIpc) is 1.99. The Morgan fingerprint density at radius 2 is 2.07 bits per heavy atom. The highest BCUT2D eigenvalue weighted by Gasteiger charge is 2.12. The second kappa shape index (κ2) is 4.99. The number of hydrogen-bond acceptors (Lipinski definition) is 2. The van der Waals surface area contributed by atoms with E-state index >= 15 is 0 Å². The van der Waals surface area contributed by atoms with Crippen LogP contribution in [0.2, 0.25) is 0 Å². The van der Waals surface area contributed by atoms with Crippen molar-refractivity contribution in [1.29, 1.82) is 0 Å². The molecule has 0 aromatic heterocycles. The Balaban J connectivity index is 2.78. The summed E-state index contributed by atoms with van der Waals surface area (Å²) in [5.74, 6) is 0.258. The SMILES string of the molecule is CC(C)CS(=O)(=O)Nc1cccc(Br)c1. The number of rotatable bonds is 4. The molecule has 0 saturated carbocycles. The number of benzene rings is 1. The van der Waals surface area contributed by atoms with E-state index in [1.807, 2.05) is 19.9 Å². The van der Waals surface area contributed by atoms with E-state index in [1.54, 1.807) is 18.2 Å². The smallest absolute Gasteiger partial charge is 0.232 e. The van der Waals surface area contributed by atoms with Gasteiger partial charge in [0.2, 0.25) is 10.0 Å². The molecular weight excluding hydrogens is 278 g/mol. The highest BCUT2D eigenvalue weighted by Crippen LogP contribution is 2.17. The molecule has 0 atom stereocenters. The third-order valence-electron chi connectivity index (χ3n) is 1.65. The van der Waals surface area contributed by atoms with Crippen LogP contribution in [-0.2, 0) is 10.0 Å². The van der Waals surface area contributed by atoms with Crippen LogP contribution in [0, 0.1) is 5.92 Å². The lowest BCUT2D eigenvalue weighted by Crippen LogP contribution is -2.19. The van der Waals surface area contributed by atoms with Crippen molar-refractivity contribution in [2.45, 2.75) is 13.8 Å². The molecule has 15 heavy (non-hydrogen) atoms. The van der Waals surface area contributed by atoms with Crippen LogP contribution in [0.4, 0.5) is 5.69 Å². The summed E-state index contributed by atoms with van der Waals surface area (Å²) in [5.41, 5.74) is 0.588. The summed E-state index contributed by atoms with van der Waals surface area (Å²) in [4.78, 5) is 0. The first kappa shape index (κ1) is 12.5. The van der Waals surface area contributed by atoms with Crippen LogP contribution in [0.5, 0.6) is 0 Å². The molecule has 1 rings (SSSR count). The topological polar surface area (TPSA) is 46.2 Å². The molecule has 0 spiro atoms. The van der Waals surface area contributed by atoms with Gasteiger partial charge in [0.1, 0.15) is 0 Å². The summed E-state index contributed by atoms with van der Waals surface area (Å²) in [7, 11) is -3.22. The zero-order valence-corrected chi connectivity index (χ0v) is 11.1. The third-order valence-corrected chi connectivity index (χ3v) is 3.80. The van der Waals surface area contributed by atoms with Gasteiger partial charge in [0.15, 0.2) is 0 Å². The van der Waals surface area contributed by atoms with Gasteiger partial charge in [-0.1, -0.05) is 35.8 Å². The fourth-order valence-electron chi connectivity index (χ4n) is 1.21. The monoisotopic (exact) mass is 291 g/mol. The molecule has 1 aromatic rings. The molecule has 0 saturated heterocycles. The number of halogens is 1. The lowest BCUT2D eigenvalue weighted by molar-refractivity contribution is 0.587. The quantitative estimate of drug-likeness (QED) is 0.927. The molecule has 84 valence electrons. The molecule has 0 bridgehead atoms. The highest BCUT2D eigenvalue weighted by atomic mass is 79.9. The predicted molar refractivity (Wildman–Crippen MR) is 66.4 cm³/mol. The maximum Gasteiger partial charge on any atom is 0.232 e. The van der Waals surface area contributed by atoms with Gasteiger partial charge in [0.05, 0.1) is 5.75 Å². The van der Waals surface area contributed by atoms with E-state index in [0.29, 0.717) is 5.69 Å². The van der Waals surface area contributed by atoms with Crippen LogP contribution in [-0.4, -0.2) is 14.2 Å². The van der Waals surface area contributed by atoms with E-state index in [4.69, 9.17) is 0 Å². The second-order valence-electron chi connectivity index (χ2n) is 3.79. The minimum atomic E-state index is -3.22. The van der Waals surface area contributed by atoms with Gasteiger partial charge < -0.3 is 0 Å². The molecule has 0 amide bonds. The highest BCUT2D eigenvalue weighted by molar-refractivity contribution is 9.10. The van der Waals surface area contributed by atoms with Crippen LogP contribution in [0.15, 0.2) is 28.7 Å². The van der Waals surface area contributed by atoms with E-state index in [-0.39, 0.29) is 11.7 Å². The molecule has 0 aliphatic heterocycles. The Morgan fingerprint density at radius 1 is 1.40 bits per heavy atom. The first-order chi connectivity index (χ1) is 6.89. The summed E-state index contributed by atoms with van der Waals surface area (Å²) in [6.45, 7) is 3.75. The largest absolute Gasteiger partial charge is 0.284 e. The van der Waals surface area contributed by atoms with Crippen molar-refractivity contribution >= 4 is 31.6 Å². The molecule has 1 N–H and O–H groups in total. The summed E-state index contributed by atoms with van der Waals surface area (Å²) in [5, 5.41) is 0. The molecule has 0 fully saturated rings. The number of sulfonamides is 1. The summed E-state index contributed by atoms with van der Waals surface area (Å²) >= 11 is 3.29. The number of nitrogens with one attached hydrogen (secondary N) is 1. The van der Waals surface area contributed by atoms with E-state index < -0.39 is 10.0 Å². The first-order valence-electron chi connectivity index (χ1n) is 4.65. The Kier molecular flexibility index (Phi) is 4.16. The maximum atomic E-state index is 11.6. The second-order valence-corrected chi connectivity index (χ2v) is 6.47. The van der Waals surface area contributed by atoms with Crippen LogP contribution in [0.3, 0.4) is 0 Å². The molecular formula is C10H14BrNO2S. The van der Waals surface area contributed by atoms with Crippen molar-refractivity contribution in [2.75, 3.05) is 10.5 Å².